The number of carbonyl (C=O) groups is 1. The van der Waals surface area contributed by atoms with E-state index in [-0.39, 0.29) is 6.04 Å². The predicted molar refractivity (Wildman–Crippen MR) is 48.7 cm³/mol. The smallest absolute Gasteiger partial charge is 0.407 e. The first kappa shape index (κ1) is 8.81. The molecule has 2 aliphatic heterocycles. The molecular weight excluding hydrogens is 168 g/mol. The van der Waals surface area contributed by atoms with E-state index in [1.54, 1.807) is 4.90 Å². The molecule has 0 aromatic rings. The lowest BCUT2D eigenvalue weighted by molar-refractivity contribution is 0.135. The molecule has 2 heterocycles. The Morgan fingerprint density at radius 2 is 2.31 bits per heavy atom. The lowest BCUT2D eigenvalue weighted by atomic mass is 9.96. The zero-order valence-electron chi connectivity index (χ0n) is 7.70. The van der Waals surface area contributed by atoms with Crippen molar-refractivity contribution >= 4 is 6.09 Å². The van der Waals surface area contributed by atoms with E-state index in [1.807, 2.05) is 0 Å². The van der Waals surface area contributed by atoms with Gasteiger partial charge in [0.2, 0.25) is 0 Å². The molecule has 2 atom stereocenters. The maximum atomic E-state index is 10.9. The Balaban J connectivity index is 2.06. The number of nitrogens with zero attached hydrogens (tertiary/aromatic N) is 1. The van der Waals surface area contributed by atoms with Crippen molar-refractivity contribution in [3.8, 4) is 0 Å². The van der Waals surface area contributed by atoms with Crippen LogP contribution in [0.1, 0.15) is 19.3 Å². The summed E-state index contributed by atoms with van der Waals surface area (Å²) in [5.74, 6) is 0.603. The molecule has 2 saturated heterocycles. The van der Waals surface area contributed by atoms with Gasteiger partial charge in [-0.1, -0.05) is 0 Å². The maximum Gasteiger partial charge on any atom is 0.407 e. The minimum atomic E-state index is -0.754. The molecule has 2 aliphatic rings. The SMILES string of the molecule is O=C(O)N1CC[C@H]2CCCNC[C@H]21. The summed E-state index contributed by atoms with van der Waals surface area (Å²) in [4.78, 5) is 12.5. The minimum absolute atomic E-state index is 0.236. The van der Waals surface area contributed by atoms with Crippen LogP contribution in [0.4, 0.5) is 4.79 Å². The van der Waals surface area contributed by atoms with Crippen molar-refractivity contribution in [2.75, 3.05) is 19.6 Å². The molecule has 2 N–H and O–H groups in total. The van der Waals surface area contributed by atoms with Gasteiger partial charge in [-0.15, -0.1) is 0 Å². The van der Waals surface area contributed by atoms with Gasteiger partial charge in [-0.3, -0.25) is 0 Å². The molecule has 1 amide bonds. The molecule has 0 radical (unpaired) electrons. The van der Waals surface area contributed by atoms with Crippen LogP contribution in [-0.2, 0) is 0 Å². The van der Waals surface area contributed by atoms with E-state index in [0.29, 0.717) is 5.92 Å². The molecule has 0 unspecified atom stereocenters. The van der Waals surface area contributed by atoms with Crippen LogP contribution in [0.15, 0.2) is 0 Å². The number of hydrogen-bond donors (Lipinski definition) is 2. The third kappa shape index (κ3) is 1.63. The highest BCUT2D eigenvalue weighted by Gasteiger charge is 2.37. The minimum Gasteiger partial charge on any atom is -0.465 e. The van der Waals surface area contributed by atoms with Crippen LogP contribution in [0.2, 0.25) is 0 Å². The van der Waals surface area contributed by atoms with Crippen LogP contribution in [0.25, 0.3) is 0 Å². The van der Waals surface area contributed by atoms with Gasteiger partial charge in [0.05, 0.1) is 6.04 Å². The zero-order chi connectivity index (χ0) is 9.26. The Hall–Kier alpha value is -0.770. The highest BCUT2D eigenvalue weighted by molar-refractivity contribution is 5.66. The molecule has 2 rings (SSSR count). The quantitative estimate of drug-likeness (QED) is 0.583. The van der Waals surface area contributed by atoms with Crippen molar-refractivity contribution < 1.29 is 9.90 Å². The lowest BCUT2D eigenvalue weighted by Crippen LogP contribution is -2.42. The molecule has 0 spiro atoms. The number of likely N-dealkylation sites (tertiary alicyclic amines) is 1. The number of nitrogens with one attached hydrogen (secondary N) is 1. The summed E-state index contributed by atoms with van der Waals surface area (Å²) < 4.78 is 0. The van der Waals surface area contributed by atoms with Crippen molar-refractivity contribution in [1.82, 2.24) is 10.2 Å². The maximum absolute atomic E-state index is 10.9. The highest BCUT2D eigenvalue weighted by Crippen LogP contribution is 2.29. The molecule has 74 valence electrons. The Labute approximate surface area is 77.9 Å². The number of rotatable bonds is 0. The van der Waals surface area contributed by atoms with E-state index < -0.39 is 6.09 Å². The Bertz CT molecular complexity index is 208. The normalized spacial score (nSPS) is 34.0. The van der Waals surface area contributed by atoms with Crippen LogP contribution >= 0.6 is 0 Å². The lowest BCUT2D eigenvalue weighted by Gasteiger charge is -2.23. The summed E-state index contributed by atoms with van der Waals surface area (Å²) in [6, 6.07) is 0.236. The molecular formula is C9H16N2O2. The van der Waals surface area contributed by atoms with Crippen LogP contribution in [0.3, 0.4) is 0 Å². The van der Waals surface area contributed by atoms with Crippen LogP contribution in [0, 0.1) is 5.92 Å². The topological polar surface area (TPSA) is 52.6 Å². The van der Waals surface area contributed by atoms with Crippen molar-refractivity contribution in [3.63, 3.8) is 0 Å². The fourth-order valence-corrected chi connectivity index (χ4v) is 2.51. The molecule has 4 nitrogen and oxygen atoms in total. The van der Waals surface area contributed by atoms with Gasteiger partial charge < -0.3 is 15.3 Å². The number of carboxylic acid groups (broad SMARTS) is 1. The second-order valence-electron chi connectivity index (χ2n) is 3.94. The summed E-state index contributed by atoms with van der Waals surface area (Å²) in [6.45, 7) is 2.61. The fourth-order valence-electron chi connectivity index (χ4n) is 2.51. The number of amides is 1. The van der Waals surface area contributed by atoms with Gasteiger partial charge in [0, 0.05) is 13.1 Å². The first-order valence-corrected chi connectivity index (χ1v) is 4.99. The van der Waals surface area contributed by atoms with Gasteiger partial charge in [0.1, 0.15) is 0 Å². The van der Waals surface area contributed by atoms with Crippen molar-refractivity contribution in [1.29, 1.82) is 0 Å². The molecule has 0 bridgehead atoms. The third-order valence-electron chi connectivity index (χ3n) is 3.21. The monoisotopic (exact) mass is 184 g/mol. The molecule has 0 aliphatic carbocycles. The third-order valence-corrected chi connectivity index (χ3v) is 3.21. The molecule has 13 heavy (non-hydrogen) atoms. The largest absolute Gasteiger partial charge is 0.465 e. The zero-order valence-corrected chi connectivity index (χ0v) is 7.70. The predicted octanol–water partition coefficient (Wildman–Crippen LogP) is 0.738. The van der Waals surface area contributed by atoms with Crippen LogP contribution in [0.5, 0.6) is 0 Å². The van der Waals surface area contributed by atoms with E-state index in [2.05, 4.69) is 5.32 Å². The van der Waals surface area contributed by atoms with Gasteiger partial charge in [0.25, 0.3) is 0 Å². The van der Waals surface area contributed by atoms with E-state index >= 15 is 0 Å². The van der Waals surface area contributed by atoms with E-state index in [1.165, 1.54) is 12.8 Å². The Kier molecular flexibility index (Phi) is 2.40. The van der Waals surface area contributed by atoms with Crippen molar-refractivity contribution in [2.24, 2.45) is 5.92 Å². The average molecular weight is 184 g/mol. The number of hydrogen-bond acceptors (Lipinski definition) is 2. The first-order chi connectivity index (χ1) is 6.29. The van der Waals surface area contributed by atoms with Gasteiger partial charge in [0.15, 0.2) is 0 Å². The number of fused-ring (bicyclic) bond motifs is 1. The summed E-state index contributed by atoms with van der Waals surface area (Å²) in [5.41, 5.74) is 0. The molecule has 0 saturated carbocycles. The fraction of sp³-hybridized carbons (Fsp3) is 0.889. The summed E-state index contributed by atoms with van der Waals surface area (Å²) in [7, 11) is 0. The van der Waals surface area contributed by atoms with Crippen molar-refractivity contribution in [3.05, 3.63) is 0 Å². The van der Waals surface area contributed by atoms with E-state index in [0.717, 1.165) is 26.1 Å². The summed E-state index contributed by atoms with van der Waals surface area (Å²) in [5, 5.41) is 12.2. The second kappa shape index (κ2) is 3.54. The summed E-state index contributed by atoms with van der Waals surface area (Å²) in [6.07, 6.45) is 2.67. The highest BCUT2D eigenvalue weighted by atomic mass is 16.4. The van der Waals surface area contributed by atoms with Crippen LogP contribution in [-0.4, -0.2) is 41.8 Å². The van der Waals surface area contributed by atoms with Crippen LogP contribution < -0.4 is 5.32 Å². The van der Waals surface area contributed by atoms with Gasteiger partial charge in [-0.2, -0.15) is 0 Å². The standard InChI is InChI=1S/C9H16N2O2/c12-9(13)11-5-3-7-2-1-4-10-6-8(7)11/h7-8,10H,1-6H2,(H,12,13)/t7-,8-/m1/s1. The molecule has 4 heteroatoms. The summed E-state index contributed by atoms with van der Waals surface area (Å²) >= 11 is 0. The second-order valence-corrected chi connectivity index (χ2v) is 3.94. The Morgan fingerprint density at radius 1 is 1.46 bits per heavy atom. The average Bonchev–Trinajstić information content (AvgIpc) is 2.36. The van der Waals surface area contributed by atoms with E-state index in [9.17, 15) is 4.79 Å². The molecule has 2 fully saturated rings. The first-order valence-electron chi connectivity index (χ1n) is 4.99. The molecule has 0 aromatic heterocycles. The van der Waals surface area contributed by atoms with Gasteiger partial charge >= 0.3 is 6.09 Å². The molecule has 0 aromatic carbocycles. The Morgan fingerprint density at radius 3 is 3.08 bits per heavy atom. The van der Waals surface area contributed by atoms with E-state index in [4.69, 9.17) is 5.11 Å². The van der Waals surface area contributed by atoms with Gasteiger partial charge in [-0.25, -0.2) is 4.79 Å². The van der Waals surface area contributed by atoms with Gasteiger partial charge in [-0.05, 0) is 31.7 Å². The van der Waals surface area contributed by atoms with Crippen molar-refractivity contribution in [2.45, 2.75) is 25.3 Å².